The zero-order chi connectivity index (χ0) is 20.8. The second-order valence-electron chi connectivity index (χ2n) is 6.50. The number of amides is 2. The number of carbonyl (C=O) groups is 2. The maximum Gasteiger partial charge on any atom is 0.238 e. The standard InChI is InChI=1S/C21H22FN3O3S/c1-3-11-28-17-9-7-15(8-10-17)23-20(27)18-13-19(26)25(2)21(29-18)24-16-6-4-5-14(22)12-16/h4-10,12,18H,3,11,13H2,1-2H3,(H,23,27). The van der Waals surface area contributed by atoms with Crippen LogP contribution in [0.3, 0.4) is 0 Å². The summed E-state index contributed by atoms with van der Waals surface area (Å²) < 4.78 is 18.9. The van der Waals surface area contributed by atoms with Crippen molar-refractivity contribution in [2.24, 2.45) is 4.99 Å². The Hall–Kier alpha value is -2.87. The van der Waals surface area contributed by atoms with E-state index in [1.165, 1.54) is 28.8 Å². The lowest BCUT2D eigenvalue weighted by atomic mass is 10.2. The van der Waals surface area contributed by atoms with Gasteiger partial charge in [-0.15, -0.1) is 0 Å². The van der Waals surface area contributed by atoms with Crippen molar-refractivity contribution in [3.63, 3.8) is 0 Å². The van der Waals surface area contributed by atoms with E-state index in [4.69, 9.17) is 4.74 Å². The van der Waals surface area contributed by atoms with Crippen molar-refractivity contribution in [2.75, 3.05) is 19.0 Å². The van der Waals surface area contributed by atoms with Crippen LogP contribution in [0.4, 0.5) is 15.8 Å². The van der Waals surface area contributed by atoms with Gasteiger partial charge in [0.1, 0.15) is 16.8 Å². The Morgan fingerprint density at radius 3 is 2.76 bits per heavy atom. The van der Waals surface area contributed by atoms with Crippen molar-refractivity contribution < 1.29 is 18.7 Å². The van der Waals surface area contributed by atoms with Crippen molar-refractivity contribution in [1.82, 2.24) is 4.90 Å². The molecule has 2 aromatic carbocycles. The predicted octanol–water partition coefficient (Wildman–Crippen LogP) is 4.20. The van der Waals surface area contributed by atoms with E-state index < -0.39 is 11.1 Å². The molecular weight excluding hydrogens is 393 g/mol. The quantitative estimate of drug-likeness (QED) is 0.767. The average molecular weight is 415 g/mol. The number of thioether (sulfide) groups is 1. The first kappa shape index (κ1) is 20.9. The first-order valence-corrected chi connectivity index (χ1v) is 10.2. The van der Waals surface area contributed by atoms with Crippen LogP contribution in [0.15, 0.2) is 53.5 Å². The molecule has 1 unspecified atom stereocenters. The van der Waals surface area contributed by atoms with Crippen LogP contribution in [0.2, 0.25) is 0 Å². The summed E-state index contributed by atoms with van der Waals surface area (Å²) in [5.41, 5.74) is 1.00. The number of hydrogen-bond acceptors (Lipinski definition) is 5. The molecule has 8 heteroatoms. The first-order valence-electron chi connectivity index (χ1n) is 9.27. The molecule has 1 fully saturated rings. The zero-order valence-corrected chi connectivity index (χ0v) is 17.0. The zero-order valence-electron chi connectivity index (χ0n) is 16.2. The molecule has 0 saturated carbocycles. The van der Waals surface area contributed by atoms with Crippen LogP contribution >= 0.6 is 11.8 Å². The maximum atomic E-state index is 13.4. The van der Waals surface area contributed by atoms with Gasteiger partial charge in [0.2, 0.25) is 11.8 Å². The summed E-state index contributed by atoms with van der Waals surface area (Å²) in [5.74, 6) is -0.187. The summed E-state index contributed by atoms with van der Waals surface area (Å²) in [5, 5.41) is 2.56. The lowest BCUT2D eigenvalue weighted by Gasteiger charge is -2.28. The lowest BCUT2D eigenvalue weighted by Crippen LogP contribution is -2.43. The summed E-state index contributed by atoms with van der Waals surface area (Å²) in [6.07, 6.45) is 0.978. The fourth-order valence-electron chi connectivity index (χ4n) is 2.63. The molecule has 0 aliphatic carbocycles. The normalized spacial score (nSPS) is 18.0. The highest BCUT2D eigenvalue weighted by Crippen LogP contribution is 2.29. The van der Waals surface area contributed by atoms with Crippen molar-refractivity contribution >= 4 is 40.1 Å². The van der Waals surface area contributed by atoms with E-state index in [1.54, 1.807) is 43.4 Å². The third kappa shape index (κ3) is 5.57. The van der Waals surface area contributed by atoms with Crippen LogP contribution in [-0.2, 0) is 9.59 Å². The lowest BCUT2D eigenvalue weighted by molar-refractivity contribution is -0.128. The highest BCUT2D eigenvalue weighted by Gasteiger charge is 2.34. The van der Waals surface area contributed by atoms with Crippen molar-refractivity contribution in [3.05, 3.63) is 54.3 Å². The molecule has 0 radical (unpaired) electrons. The largest absolute Gasteiger partial charge is 0.494 e. The smallest absolute Gasteiger partial charge is 0.238 e. The minimum atomic E-state index is -0.623. The molecule has 3 rings (SSSR count). The Labute approximate surface area is 173 Å². The van der Waals surface area contributed by atoms with Crippen LogP contribution in [0, 0.1) is 5.82 Å². The second kappa shape index (κ2) is 9.56. The van der Waals surface area contributed by atoms with Gasteiger partial charge < -0.3 is 10.1 Å². The molecule has 0 spiro atoms. The molecule has 0 bridgehead atoms. The summed E-state index contributed by atoms with van der Waals surface area (Å²) in [6, 6.07) is 12.9. The Kier molecular flexibility index (Phi) is 6.87. The SMILES string of the molecule is CCCOc1ccc(NC(=O)C2CC(=O)N(C)C(=Nc3cccc(F)c3)S2)cc1. The molecule has 29 heavy (non-hydrogen) atoms. The van der Waals surface area contributed by atoms with Crippen molar-refractivity contribution in [3.8, 4) is 5.75 Å². The average Bonchev–Trinajstić information content (AvgIpc) is 2.70. The van der Waals surface area contributed by atoms with Crippen LogP contribution in [0.25, 0.3) is 0 Å². The fraction of sp³-hybridized carbons (Fsp3) is 0.286. The van der Waals surface area contributed by atoms with E-state index in [0.717, 1.165) is 12.2 Å². The van der Waals surface area contributed by atoms with Gasteiger partial charge in [-0.25, -0.2) is 9.38 Å². The van der Waals surface area contributed by atoms with E-state index in [1.807, 2.05) is 6.92 Å². The van der Waals surface area contributed by atoms with E-state index in [0.29, 0.717) is 23.1 Å². The minimum Gasteiger partial charge on any atom is -0.494 e. The Balaban J connectivity index is 1.69. The van der Waals surface area contributed by atoms with Crippen LogP contribution in [0.1, 0.15) is 19.8 Å². The molecule has 152 valence electrons. The number of benzene rings is 2. The van der Waals surface area contributed by atoms with Gasteiger partial charge in [-0.05, 0) is 48.9 Å². The van der Waals surface area contributed by atoms with Gasteiger partial charge in [0.15, 0.2) is 5.17 Å². The van der Waals surface area contributed by atoms with Crippen LogP contribution < -0.4 is 10.1 Å². The van der Waals surface area contributed by atoms with Crippen LogP contribution in [-0.4, -0.2) is 40.8 Å². The predicted molar refractivity (Wildman–Crippen MR) is 113 cm³/mol. The highest BCUT2D eigenvalue weighted by molar-refractivity contribution is 8.15. The molecule has 1 saturated heterocycles. The number of halogens is 1. The van der Waals surface area contributed by atoms with Gasteiger partial charge >= 0.3 is 0 Å². The summed E-state index contributed by atoms with van der Waals surface area (Å²) in [6.45, 7) is 2.66. The van der Waals surface area contributed by atoms with Gasteiger partial charge in [-0.2, -0.15) is 0 Å². The number of amidine groups is 1. The van der Waals surface area contributed by atoms with Gasteiger partial charge in [-0.1, -0.05) is 24.8 Å². The van der Waals surface area contributed by atoms with E-state index in [-0.39, 0.29) is 18.2 Å². The number of hydrogen-bond donors (Lipinski definition) is 1. The molecule has 6 nitrogen and oxygen atoms in total. The number of ether oxygens (including phenoxy) is 1. The third-order valence-electron chi connectivity index (χ3n) is 4.19. The van der Waals surface area contributed by atoms with Gasteiger partial charge in [0, 0.05) is 19.2 Å². The minimum absolute atomic E-state index is 0.0624. The number of aliphatic imine (C=N–C) groups is 1. The summed E-state index contributed by atoms with van der Waals surface area (Å²) in [7, 11) is 1.59. The molecule has 1 aliphatic rings. The third-order valence-corrected chi connectivity index (χ3v) is 5.43. The molecule has 1 heterocycles. The Morgan fingerprint density at radius 1 is 1.31 bits per heavy atom. The molecule has 1 N–H and O–H groups in total. The number of rotatable bonds is 6. The topological polar surface area (TPSA) is 71.0 Å². The number of nitrogens with one attached hydrogen (secondary N) is 1. The Bertz CT molecular complexity index is 918. The maximum absolute atomic E-state index is 13.4. The second-order valence-corrected chi connectivity index (χ2v) is 7.67. The first-order chi connectivity index (χ1) is 14.0. The van der Waals surface area contributed by atoms with E-state index >= 15 is 0 Å². The van der Waals surface area contributed by atoms with Crippen molar-refractivity contribution in [1.29, 1.82) is 0 Å². The molecule has 2 amide bonds. The van der Waals surface area contributed by atoms with E-state index in [9.17, 15) is 14.0 Å². The molecule has 0 aromatic heterocycles. The fourth-order valence-corrected chi connectivity index (χ4v) is 3.70. The number of anilines is 1. The highest BCUT2D eigenvalue weighted by atomic mass is 32.2. The van der Waals surface area contributed by atoms with E-state index in [2.05, 4.69) is 10.3 Å². The van der Waals surface area contributed by atoms with Crippen molar-refractivity contribution in [2.45, 2.75) is 25.0 Å². The summed E-state index contributed by atoms with van der Waals surface area (Å²) in [4.78, 5) is 30.7. The van der Waals surface area contributed by atoms with Crippen LogP contribution in [0.5, 0.6) is 5.75 Å². The summed E-state index contributed by atoms with van der Waals surface area (Å²) >= 11 is 1.18. The van der Waals surface area contributed by atoms with Gasteiger partial charge in [0.25, 0.3) is 0 Å². The van der Waals surface area contributed by atoms with Gasteiger partial charge in [0.05, 0.1) is 12.3 Å². The molecular formula is C21H22FN3O3S. The monoisotopic (exact) mass is 415 g/mol. The Morgan fingerprint density at radius 2 is 2.07 bits per heavy atom. The number of carbonyl (C=O) groups excluding carboxylic acids is 2. The number of nitrogens with zero attached hydrogens (tertiary/aromatic N) is 2. The molecule has 1 atom stereocenters. The molecule has 1 aliphatic heterocycles. The molecule has 2 aromatic rings. The van der Waals surface area contributed by atoms with Gasteiger partial charge in [-0.3, -0.25) is 14.5 Å².